The molecule has 1 aromatic carbocycles. The van der Waals surface area contributed by atoms with Crippen molar-refractivity contribution in [2.24, 2.45) is 5.92 Å². The molecule has 0 unspecified atom stereocenters. The number of halogens is 3. The van der Waals surface area contributed by atoms with Crippen LogP contribution < -0.4 is 10.2 Å². The average molecular weight is 502 g/mol. The van der Waals surface area contributed by atoms with Gasteiger partial charge in [-0.05, 0) is 48.6 Å². The second-order valence-electron chi connectivity index (χ2n) is 9.50. The minimum atomic E-state index is -2.70. The number of carbonyl (C=O) groups is 1. The number of nitrogens with one attached hydrogen (secondary N) is 1. The molecule has 7 nitrogen and oxygen atoms in total. The zero-order valence-electron chi connectivity index (χ0n) is 20.4. The highest BCUT2D eigenvalue weighted by molar-refractivity contribution is 5.91. The smallest absolute Gasteiger partial charge is 0.321 e. The number of urea groups is 1. The minimum absolute atomic E-state index is 0.0902. The van der Waals surface area contributed by atoms with Crippen LogP contribution in [-0.4, -0.2) is 59.7 Å². The summed E-state index contributed by atoms with van der Waals surface area (Å²) in [6, 6.07) is 4.58. The highest BCUT2D eigenvalue weighted by Gasteiger charge is 2.26. The number of imidazole rings is 1. The van der Waals surface area contributed by atoms with Crippen LogP contribution in [0.3, 0.4) is 0 Å². The number of ether oxygens (including phenoxy) is 1. The Kier molecular flexibility index (Phi) is 6.79. The van der Waals surface area contributed by atoms with Crippen LogP contribution in [0.4, 0.5) is 29.3 Å². The Labute approximate surface area is 207 Å². The number of carbonyl (C=O) groups excluding carboxylic acids is 1. The quantitative estimate of drug-likeness (QED) is 0.503. The molecule has 0 saturated carbocycles. The van der Waals surface area contributed by atoms with Crippen LogP contribution in [0.25, 0.3) is 16.8 Å². The number of aromatic nitrogens is 2. The maximum atomic E-state index is 14.9. The molecule has 0 bridgehead atoms. The van der Waals surface area contributed by atoms with E-state index in [-0.39, 0.29) is 17.4 Å². The van der Waals surface area contributed by atoms with Crippen molar-refractivity contribution in [3.8, 4) is 11.1 Å². The predicted octanol–water partition coefficient (Wildman–Crippen LogP) is 5.49. The molecule has 0 spiro atoms. The number of hydrogen-bond acceptors (Lipinski definition) is 4. The summed E-state index contributed by atoms with van der Waals surface area (Å²) in [6.45, 7) is 7.47. The summed E-state index contributed by atoms with van der Waals surface area (Å²) in [4.78, 5) is 20.8. The summed E-state index contributed by atoms with van der Waals surface area (Å²) >= 11 is 0. The van der Waals surface area contributed by atoms with E-state index in [0.29, 0.717) is 73.3 Å². The van der Waals surface area contributed by atoms with Gasteiger partial charge in [0.15, 0.2) is 5.65 Å². The van der Waals surface area contributed by atoms with E-state index in [4.69, 9.17) is 4.74 Å². The molecule has 5 rings (SSSR count). The Morgan fingerprint density at radius 2 is 1.97 bits per heavy atom. The second kappa shape index (κ2) is 10.0. The number of morpholine rings is 1. The van der Waals surface area contributed by atoms with E-state index < -0.39 is 12.2 Å². The van der Waals surface area contributed by atoms with E-state index in [0.717, 1.165) is 12.8 Å². The molecular formula is C26H30F3N5O2. The fourth-order valence-electron chi connectivity index (χ4n) is 5.01. The molecule has 2 amide bonds. The summed E-state index contributed by atoms with van der Waals surface area (Å²) in [6.07, 6.45) is 2.30. The van der Waals surface area contributed by atoms with E-state index in [1.165, 1.54) is 12.3 Å². The molecule has 2 aliphatic rings. The van der Waals surface area contributed by atoms with Crippen molar-refractivity contribution in [1.82, 2.24) is 14.3 Å². The summed E-state index contributed by atoms with van der Waals surface area (Å²) in [5.41, 5.74) is 3.00. The molecule has 1 N–H and O–H groups in total. The first-order valence-electron chi connectivity index (χ1n) is 12.3. The molecule has 10 heteroatoms. The normalized spacial score (nSPS) is 18.4. The number of likely N-dealkylation sites (tertiary alicyclic amines) is 1. The van der Waals surface area contributed by atoms with E-state index in [2.05, 4.69) is 22.1 Å². The Morgan fingerprint density at radius 1 is 1.19 bits per heavy atom. The van der Waals surface area contributed by atoms with Gasteiger partial charge in [0.25, 0.3) is 6.43 Å². The van der Waals surface area contributed by atoms with Gasteiger partial charge < -0.3 is 24.3 Å². The van der Waals surface area contributed by atoms with E-state index in [1.54, 1.807) is 28.5 Å². The SMILES string of the molecule is CC[C@@H]1CCN(C(=O)Nc2cc(-c3cc(N4CCOCC4)c4nc(C(F)F)cn4c3)c(C)cc2F)C1. The number of aryl methyl sites for hydroxylation is 1. The monoisotopic (exact) mass is 501 g/mol. The van der Waals surface area contributed by atoms with Gasteiger partial charge in [-0.1, -0.05) is 13.3 Å². The highest BCUT2D eigenvalue weighted by atomic mass is 19.3. The lowest BCUT2D eigenvalue weighted by Gasteiger charge is -2.29. The molecular weight excluding hydrogens is 471 g/mol. The summed E-state index contributed by atoms with van der Waals surface area (Å²) in [5.74, 6) is -0.0549. The molecule has 2 saturated heterocycles. The molecule has 1 atom stereocenters. The maximum absolute atomic E-state index is 14.9. The lowest BCUT2D eigenvalue weighted by Crippen LogP contribution is -2.36. The standard InChI is InChI=1S/C26H30F3N5O2/c1-3-17-4-5-33(13-17)26(35)31-21-12-19(16(2)10-20(21)27)18-11-23(32-6-8-36-9-7-32)25-30-22(24(28)29)15-34(25)14-18/h10-12,14-15,17,24H,3-9,13H2,1-2H3,(H,31,35)/t17-/m1/s1. The zero-order valence-corrected chi connectivity index (χ0v) is 20.4. The molecule has 36 heavy (non-hydrogen) atoms. The predicted molar refractivity (Wildman–Crippen MR) is 132 cm³/mol. The fraction of sp³-hybridized carbons (Fsp3) is 0.462. The molecule has 0 radical (unpaired) electrons. The van der Waals surface area contributed by atoms with Crippen LogP contribution in [0, 0.1) is 18.7 Å². The Balaban J connectivity index is 1.53. The van der Waals surface area contributed by atoms with Gasteiger partial charge in [-0.3, -0.25) is 0 Å². The van der Waals surface area contributed by atoms with Gasteiger partial charge in [-0.25, -0.2) is 22.9 Å². The van der Waals surface area contributed by atoms with Gasteiger partial charge >= 0.3 is 6.03 Å². The van der Waals surface area contributed by atoms with Crippen molar-refractivity contribution in [2.75, 3.05) is 49.6 Å². The number of anilines is 2. The first-order chi connectivity index (χ1) is 17.3. The molecule has 2 aromatic heterocycles. The average Bonchev–Trinajstić information content (AvgIpc) is 3.53. The molecule has 192 valence electrons. The largest absolute Gasteiger partial charge is 0.378 e. The van der Waals surface area contributed by atoms with Gasteiger partial charge in [0.05, 0.1) is 24.6 Å². The van der Waals surface area contributed by atoms with Crippen LogP contribution in [0.2, 0.25) is 0 Å². The van der Waals surface area contributed by atoms with Crippen molar-refractivity contribution < 1.29 is 22.7 Å². The zero-order chi connectivity index (χ0) is 25.4. The number of nitrogens with zero attached hydrogens (tertiary/aromatic N) is 4. The first kappa shape index (κ1) is 24.4. The number of benzene rings is 1. The second-order valence-corrected chi connectivity index (χ2v) is 9.50. The topological polar surface area (TPSA) is 62.1 Å². The summed E-state index contributed by atoms with van der Waals surface area (Å²) < 4.78 is 48.9. The summed E-state index contributed by atoms with van der Waals surface area (Å²) in [5, 5.41) is 2.74. The van der Waals surface area contributed by atoms with Gasteiger partial charge in [0.2, 0.25) is 0 Å². The lowest BCUT2D eigenvalue weighted by atomic mass is 10.00. The van der Waals surface area contributed by atoms with Crippen molar-refractivity contribution >= 4 is 23.1 Å². The van der Waals surface area contributed by atoms with Crippen molar-refractivity contribution in [3.63, 3.8) is 0 Å². The number of pyridine rings is 1. The third-order valence-electron chi connectivity index (χ3n) is 7.14. The van der Waals surface area contributed by atoms with Gasteiger partial charge in [-0.15, -0.1) is 0 Å². The van der Waals surface area contributed by atoms with Crippen molar-refractivity contribution in [3.05, 3.63) is 47.7 Å². The van der Waals surface area contributed by atoms with Crippen LogP contribution in [-0.2, 0) is 4.74 Å². The van der Waals surface area contributed by atoms with Crippen LogP contribution in [0.5, 0.6) is 0 Å². The van der Waals surface area contributed by atoms with Gasteiger partial charge in [0, 0.05) is 44.1 Å². The third kappa shape index (κ3) is 4.74. The van der Waals surface area contributed by atoms with Gasteiger partial charge in [-0.2, -0.15) is 0 Å². The molecule has 0 aliphatic carbocycles. The van der Waals surface area contributed by atoms with Crippen molar-refractivity contribution in [2.45, 2.75) is 33.1 Å². The first-order valence-corrected chi connectivity index (χ1v) is 12.3. The Bertz CT molecular complexity index is 1270. The molecule has 2 fully saturated rings. The number of rotatable bonds is 5. The third-order valence-corrected chi connectivity index (χ3v) is 7.14. The Morgan fingerprint density at radius 3 is 2.67 bits per heavy atom. The molecule has 2 aliphatic heterocycles. The van der Waals surface area contributed by atoms with Crippen molar-refractivity contribution in [1.29, 1.82) is 0 Å². The van der Waals surface area contributed by atoms with Gasteiger partial charge in [0.1, 0.15) is 11.5 Å². The van der Waals surface area contributed by atoms with Crippen LogP contribution in [0.1, 0.15) is 37.4 Å². The Hall–Kier alpha value is -3.27. The van der Waals surface area contributed by atoms with E-state index in [1.807, 2.05) is 6.07 Å². The van der Waals surface area contributed by atoms with E-state index in [9.17, 15) is 18.0 Å². The summed E-state index contributed by atoms with van der Waals surface area (Å²) in [7, 11) is 0. The van der Waals surface area contributed by atoms with Crippen LogP contribution >= 0.6 is 0 Å². The van der Waals surface area contributed by atoms with E-state index >= 15 is 0 Å². The number of fused-ring (bicyclic) bond motifs is 1. The number of alkyl halides is 2. The number of amides is 2. The highest BCUT2D eigenvalue weighted by Crippen LogP contribution is 2.35. The minimum Gasteiger partial charge on any atom is -0.378 e. The molecule has 4 heterocycles. The molecule has 3 aromatic rings. The number of hydrogen-bond donors (Lipinski definition) is 1. The fourth-order valence-corrected chi connectivity index (χ4v) is 5.01. The maximum Gasteiger partial charge on any atom is 0.321 e. The lowest BCUT2D eigenvalue weighted by molar-refractivity contribution is 0.123. The van der Waals surface area contributed by atoms with Crippen LogP contribution in [0.15, 0.2) is 30.6 Å².